The number of hydrogen-bond donors (Lipinski definition) is 1. The fourth-order valence-corrected chi connectivity index (χ4v) is 5.91. The number of nitrogens with zero attached hydrogens (tertiary/aromatic N) is 1. The van der Waals surface area contributed by atoms with Gasteiger partial charge in [0.25, 0.3) is 0 Å². The fraction of sp³-hybridized carbons (Fsp3) is 0.500. The van der Waals surface area contributed by atoms with Gasteiger partial charge in [0.2, 0.25) is 0 Å². The van der Waals surface area contributed by atoms with Gasteiger partial charge in [0.05, 0.1) is 0 Å². The Labute approximate surface area is 193 Å². The van der Waals surface area contributed by atoms with Gasteiger partial charge in [0.1, 0.15) is 6.54 Å². The second-order valence-electron chi connectivity index (χ2n) is 10.8. The molecule has 0 atom stereocenters. The second-order valence-corrected chi connectivity index (χ2v) is 11.7. The smallest absolute Gasteiger partial charge is 0.323 e. The van der Waals surface area contributed by atoms with Gasteiger partial charge in [-0.15, -0.1) is 11.8 Å². The highest BCUT2D eigenvalue weighted by atomic mass is 32.2. The van der Waals surface area contributed by atoms with E-state index in [2.05, 4.69) is 27.7 Å². The summed E-state index contributed by atoms with van der Waals surface area (Å²) in [4.78, 5) is 41.8. The summed E-state index contributed by atoms with van der Waals surface area (Å²) in [6, 6.07) is 8.08. The zero-order valence-corrected chi connectivity index (χ0v) is 20.3. The number of benzene rings is 1. The van der Waals surface area contributed by atoms with E-state index in [-0.39, 0.29) is 28.9 Å². The van der Waals surface area contributed by atoms with Crippen LogP contribution in [0.15, 0.2) is 51.7 Å². The molecular formula is C26H31NO4S. The van der Waals surface area contributed by atoms with Gasteiger partial charge >= 0.3 is 5.97 Å². The molecule has 0 fully saturated rings. The molecule has 1 N–H and O–H groups in total. The molecule has 0 saturated heterocycles. The minimum Gasteiger partial charge on any atom is -0.480 e. The van der Waals surface area contributed by atoms with Crippen molar-refractivity contribution in [3.63, 3.8) is 0 Å². The number of allylic oxidation sites excluding steroid dienone is 4. The summed E-state index contributed by atoms with van der Waals surface area (Å²) in [5, 5.41) is 9.72. The van der Waals surface area contributed by atoms with E-state index < -0.39 is 11.9 Å². The first-order valence-electron chi connectivity index (χ1n) is 11.1. The molecule has 0 saturated carbocycles. The number of carbonyl (C=O) groups is 3. The Hall–Kier alpha value is -2.34. The van der Waals surface area contributed by atoms with Crippen LogP contribution in [0.4, 0.5) is 0 Å². The van der Waals surface area contributed by atoms with Gasteiger partial charge in [-0.3, -0.25) is 14.4 Å². The third kappa shape index (κ3) is 4.05. The van der Waals surface area contributed by atoms with E-state index in [1.165, 1.54) is 0 Å². The monoisotopic (exact) mass is 453 g/mol. The molecule has 0 amide bonds. The summed E-state index contributed by atoms with van der Waals surface area (Å²) in [7, 11) is 0. The number of Topliss-reactive ketones (excluding diaryl/α,β-unsaturated/α-hetero) is 2. The number of aliphatic carboxylic acids is 1. The van der Waals surface area contributed by atoms with Crippen LogP contribution < -0.4 is 0 Å². The minimum atomic E-state index is -0.960. The number of carbonyl (C=O) groups excluding carboxylic acids is 2. The first-order valence-corrected chi connectivity index (χ1v) is 12.3. The number of thioether (sulfide) groups is 1. The van der Waals surface area contributed by atoms with Gasteiger partial charge in [-0.1, -0.05) is 39.8 Å². The third-order valence-electron chi connectivity index (χ3n) is 6.76. The van der Waals surface area contributed by atoms with Crippen LogP contribution >= 0.6 is 11.8 Å². The molecular weight excluding hydrogens is 422 g/mol. The van der Waals surface area contributed by atoms with Gasteiger partial charge in [0, 0.05) is 46.2 Å². The first-order chi connectivity index (χ1) is 14.9. The van der Waals surface area contributed by atoms with Crippen molar-refractivity contribution in [3.8, 4) is 0 Å². The van der Waals surface area contributed by atoms with Crippen molar-refractivity contribution >= 4 is 29.3 Å². The van der Waals surface area contributed by atoms with E-state index in [0.29, 0.717) is 36.8 Å². The van der Waals surface area contributed by atoms with Gasteiger partial charge in [0.15, 0.2) is 11.6 Å². The SMILES string of the molecule is CSc1ccc(C2C3=C(CC(C)(C)CC3=O)N(CC(=O)O)C3=C2C(=O)CC(C)(C)C3)cc1. The molecule has 0 spiro atoms. The highest BCUT2D eigenvalue weighted by Gasteiger charge is 2.49. The van der Waals surface area contributed by atoms with Crippen molar-refractivity contribution in [1.29, 1.82) is 0 Å². The lowest BCUT2D eigenvalue weighted by molar-refractivity contribution is -0.138. The maximum absolute atomic E-state index is 13.5. The molecule has 170 valence electrons. The van der Waals surface area contributed by atoms with E-state index in [1.54, 1.807) is 16.7 Å². The molecule has 6 heteroatoms. The van der Waals surface area contributed by atoms with Crippen LogP contribution in [0.5, 0.6) is 0 Å². The van der Waals surface area contributed by atoms with Crippen LogP contribution in [0.3, 0.4) is 0 Å². The van der Waals surface area contributed by atoms with Crippen molar-refractivity contribution in [2.24, 2.45) is 10.8 Å². The fourth-order valence-electron chi connectivity index (χ4n) is 5.50. The summed E-state index contributed by atoms with van der Waals surface area (Å²) in [5.41, 5.74) is 3.23. The van der Waals surface area contributed by atoms with Crippen molar-refractivity contribution in [2.45, 2.75) is 64.2 Å². The molecule has 1 heterocycles. The lowest BCUT2D eigenvalue weighted by atomic mass is 9.63. The lowest BCUT2D eigenvalue weighted by Crippen LogP contribution is -2.45. The number of hydrogen-bond acceptors (Lipinski definition) is 5. The summed E-state index contributed by atoms with van der Waals surface area (Å²) in [5.74, 6) is -1.34. The van der Waals surface area contributed by atoms with Crippen LogP contribution in [0.2, 0.25) is 0 Å². The average molecular weight is 454 g/mol. The van der Waals surface area contributed by atoms with Gasteiger partial charge in [-0.2, -0.15) is 0 Å². The maximum Gasteiger partial charge on any atom is 0.323 e. The van der Waals surface area contributed by atoms with Crippen LogP contribution in [0.25, 0.3) is 0 Å². The summed E-state index contributed by atoms with van der Waals surface area (Å²) < 4.78 is 0. The zero-order valence-electron chi connectivity index (χ0n) is 19.4. The Morgan fingerprint density at radius 2 is 1.41 bits per heavy atom. The molecule has 3 aliphatic rings. The summed E-state index contributed by atoms with van der Waals surface area (Å²) in [6.07, 6.45) is 4.04. The highest BCUT2D eigenvalue weighted by Crippen LogP contribution is 2.54. The number of carboxylic acid groups (broad SMARTS) is 1. The van der Waals surface area contributed by atoms with Crippen LogP contribution in [0, 0.1) is 10.8 Å². The Bertz CT molecular complexity index is 1010. The summed E-state index contributed by atoms with van der Waals surface area (Å²) >= 11 is 1.65. The standard InChI is InChI=1S/C26H31NO4S/c1-25(2)10-17-23(19(28)12-25)22(15-6-8-16(32-5)9-7-15)24-18(27(17)14-21(30)31)11-26(3,4)13-20(24)29/h6-9,22H,10-14H2,1-5H3,(H,30,31). The summed E-state index contributed by atoms with van der Waals surface area (Å²) in [6.45, 7) is 7.97. The maximum atomic E-state index is 13.5. The van der Waals surface area contributed by atoms with Gasteiger partial charge in [-0.05, 0) is 47.6 Å². The predicted octanol–water partition coefficient (Wildman–Crippen LogP) is 5.18. The van der Waals surface area contributed by atoms with Crippen LogP contribution in [-0.4, -0.2) is 40.3 Å². The van der Waals surface area contributed by atoms with E-state index >= 15 is 0 Å². The molecule has 4 rings (SSSR count). The van der Waals surface area contributed by atoms with Crippen LogP contribution in [-0.2, 0) is 14.4 Å². The van der Waals surface area contributed by atoms with Crippen molar-refractivity contribution < 1.29 is 19.5 Å². The lowest BCUT2D eigenvalue weighted by Gasteiger charge is -2.48. The van der Waals surface area contributed by atoms with E-state index in [9.17, 15) is 19.5 Å². The molecule has 0 aromatic heterocycles. The quantitative estimate of drug-likeness (QED) is 0.633. The van der Waals surface area contributed by atoms with E-state index in [0.717, 1.165) is 21.9 Å². The van der Waals surface area contributed by atoms with E-state index in [4.69, 9.17) is 0 Å². The topological polar surface area (TPSA) is 74.7 Å². The molecule has 1 aliphatic heterocycles. The number of carboxylic acids is 1. The highest BCUT2D eigenvalue weighted by molar-refractivity contribution is 7.98. The largest absolute Gasteiger partial charge is 0.480 e. The van der Waals surface area contributed by atoms with Gasteiger partial charge in [-0.25, -0.2) is 0 Å². The number of ketones is 2. The molecule has 0 unspecified atom stereocenters. The van der Waals surface area contributed by atoms with Crippen molar-refractivity contribution in [3.05, 3.63) is 52.4 Å². The Balaban J connectivity index is 1.98. The number of rotatable bonds is 4. The van der Waals surface area contributed by atoms with E-state index in [1.807, 2.05) is 30.5 Å². The first kappa shape index (κ1) is 22.8. The minimum absolute atomic E-state index is 0.0229. The molecule has 1 aromatic carbocycles. The Kier molecular flexibility index (Phi) is 5.64. The Morgan fingerprint density at radius 1 is 0.938 bits per heavy atom. The molecule has 1 aromatic rings. The molecule has 5 nitrogen and oxygen atoms in total. The van der Waals surface area contributed by atoms with Gasteiger partial charge < -0.3 is 10.0 Å². The van der Waals surface area contributed by atoms with Crippen LogP contribution in [0.1, 0.15) is 64.9 Å². The second kappa shape index (κ2) is 7.91. The normalized spacial score (nSPS) is 22.7. The van der Waals surface area contributed by atoms with Crippen molar-refractivity contribution in [2.75, 3.05) is 12.8 Å². The molecule has 2 aliphatic carbocycles. The zero-order chi connectivity index (χ0) is 23.4. The predicted molar refractivity (Wildman–Crippen MR) is 125 cm³/mol. The van der Waals surface area contributed by atoms with Crippen molar-refractivity contribution in [1.82, 2.24) is 4.90 Å². The molecule has 0 radical (unpaired) electrons. The average Bonchev–Trinajstić information content (AvgIpc) is 2.67. The molecule has 0 bridgehead atoms. The third-order valence-corrected chi connectivity index (χ3v) is 7.51. The Morgan fingerprint density at radius 3 is 1.81 bits per heavy atom. The molecule has 32 heavy (non-hydrogen) atoms.